The van der Waals surface area contributed by atoms with Gasteiger partial charge in [0.1, 0.15) is 36.6 Å². The second kappa shape index (κ2) is 23.8. The highest BCUT2D eigenvalue weighted by molar-refractivity contribution is 7.99. The molecule has 4 fully saturated rings. The third-order valence-electron chi connectivity index (χ3n) is 11.6. The van der Waals surface area contributed by atoms with Gasteiger partial charge in [-0.15, -0.1) is 0 Å². The smallest absolute Gasteiger partial charge is 0.399 e. The Balaban J connectivity index is 0.729. The largest absolute Gasteiger partial charge is 0.494 e. The molecule has 4 saturated heterocycles. The van der Waals surface area contributed by atoms with E-state index < -0.39 is 91.6 Å². The van der Waals surface area contributed by atoms with Gasteiger partial charge >= 0.3 is 31.4 Å². The summed E-state index contributed by atoms with van der Waals surface area (Å²) in [5.74, 6) is 0.870. The van der Waals surface area contributed by atoms with Crippen LogP contribution in [0, 0.1) is 22.7 Å². The maximum atomic E-state index is 12.6. The van der Waals surface area contributed by atoms with Gasteiger partial charge in [-0.3, -0.25) is 28.7 Å². The molecule has 10 rings (SSSR count). The number of aromatic amines is 2. The molecular formula is C42H46B2N12O14P2S. The van der Waals surface area contributed by atoms with Crippen LogP contribution >= 0.6 is 29.0 Å². The number of nitrogen functional groups attached to an aromatic ring is 2. The summed E-state index contributed by atoms with van der Waals surface area (Å²) < 4.78 is 78.1. The molecular weight excluding hydrogens is 1010 g/mol. The molecule has 0 aliphatic carbocycles. The minimum atomic E-state index is -1.95. The lowest BCUT2D eigenvalue weighted by Gasteiger charge is -2.22. The number of nitriles is 2. The number of H-pyrrole nitrogens is 2. The van der Waals surface area contributed by atoms with Crippen LogP contribution in [0.3, 0.4) is 0 Å². The Morgan fingerprint density at radius 2 is 1.03 bits per heavy atom. The Hall–Kier alpha value is -5.42. The molecule has 4 aromatic heterocycles. The normalized spacial score (nSPS) is 24.2. The number of aromatic nitrogens is 8. The van der Waals surface area contributed by atoms with E-state index in [0.29, 0.717) is 11.5 Å². The first-order chi connectivity index (χ1) is 35.8. The standard InChI is InChI=1S/C42H46B2N12O14P2S/c45-13-7-15-59-71(63-21-27-31-33(69-43(67-31)25-9-3-1-4-10-25)39(65-27)55-23-49-29-35(55)51-41(47)53-37(29)57)61-17-19-73-20-18-62-72(60-16-8-14-46)64-22-28-32-34(70-44(68-32)26-11-5-2-6-12-26)40(66-28)56-24-50-30-36(56)52-42(48)54-38(30)58/h1-6,9-12,23-24,27-28,31-34,39-40H,7-8,15-22H2,(H3,47,51,53,57)(H3,48,52,54,58)/t27-,28-,31-,32-,33-,34-,39-,40-,71?,72?/m1/s1. The van der Waals surface area contributed by atoms with Crippen molar-refractivity contribution in [3.8, 4) is 12.1 Å². The molecule has 2 unspecified atom stereocenters. The van der Waals surface area contributed by atoms with Crippen LogP contribution in [-0.2, 0) is 55.2 Å². The van der Waals surface area contributed by atoms with Crippen molar-refractivity contribution >= 4 is 88.4 Å². The van der Waals surface area contributed by atoms with E-state index in [-0.39, 0.29) is 86.7 Å². The van der Waals surface area contributed by atoms with Crippen LogP contribution in [0.2, 0.25) is 0 Å². The zero-order valence-electron chi connectivity index (χ0n) is 38.5. The van der Waals surface area contributed by atoms with E-state index in [9.17, 15) is 20.1 Å². The van der Waals surface area contributed by atoms with E-state index in [1.807, 2.05) is 60.7 Å². The van der Waals surface area contributed by atoms with Crippen LogP contribution < -0.4 is 33.5 Å². The summed E-state index contributed by atoms with van der Waals surface area (Å²) >= 11 is 1.53. The summed E-state index contributed by atoms with van der Waals surface area (Å²) in [7, 11) is -5.32. The molecule has 6 N–H and O–H groups in total. The predicted octanol–water partition coefficient (Wildman–Crippen LogP) is 1.68. The highest BCUT2D eigenvalue weighted by Crippen LogP contribution is 2.46. The van der Waals surface area contributed by atoms with Crippen LogP contribution in [0.5, 0.6) is 0 Å². The summed E-state index contributed by atoms with van der Waals surface area (Å²) in [4.78, 5) is 47.3. The van der Waals surface area contributed by atoms with E-state index in [2.05, 4.69) is 42.0 Å². The highest BCUT2D eigenvalue weighted by atomic mass is 32.2. The molecule has 4 aliphatic heterocycles. The Bertz CT molecular complexity index is 2830. The Labute approximate surface area is 422 Å². The number of nitrogens with two attached hydrogens (primary N) is 2. The van der Waals surface area contributed by atoms with Crippen molar-refractivity contribution in [2.45, 2.75) is 61.9 Å². The van der Waals surface area contributed by atoms with Crippen molar-refractivity contribution in [1.29, 1.82) is 10.5 Å². The summed E-state index contributed by atoms with van der Waals surface area (Å²) in [6, 6.07) is 23.0. The van der Waals surface area contributed by atoms with Gasteiger partial charge in [-0.25, -0.2) is 9.97 Å². The van der Waals surface area contributed by atoms with Crippen LogP contribution in [0.4, 0.5) is 11.9 Å². The fourth-order valence-electron chi connectivity index (χ4n) is 8.45. The summed E-state index contributed by atoms with van der Waals surface area (Å²) in [6.45, 7) is 0.534. The Morgan fingerprint density at radius 3 is 1.45 bits per heavy atom. The zero-order valence-corrected chi connectivity index (χ0v) is 41.1. The number of ether oxygens (including phenoxy) is 2. The second-order valence-corrected chi connectivity index (χ2v) is 20.0. The lowest BCUT2D eigenvalue weighted by Crippen LogP contribution is -2.36. The van der Waals surface area contributed by atoms with Gasteiger partial charge in [0.2, 0.25) is 11.9 Å². The van der Waals surface area contributed by atoms with Crippen molar-refractivity contribution in [3.05, 3.63) is 94.0 Å². The number of thioether (sulfide) groups is 1. The number of fused-ring (bicyclic) bond motifs is 4. The Kier molecular flexibility index (Phi) is 16.7. The van der Waals surface area contributed by atoms with Crippen molar-refractivity contribution in [3.63, 3.8) is 0 Å². The van der Waals surface area contributed by atoms with Gasteiger partial charge in [-0.05, 0) is 10.9 Å². The number of rotatable bonds is 24. The number of nitrogens with zero attached hydrogens (tertiary/aromatic N) is 8. The number of hydrogen-bond donors (Lipinski definition) is 4. The molecule has 4 aliphatic rings. The first-order valence-electron chi connectivity index (χ1n) is 22.9. The number of imidazole rings is 2. The van der Waals surface area contributed by atoms with Gasteiger partial charge in [-0.2, -0.15) is 32.3 Å². The average Bonchev–Trinajstić information content (AvgIpc) is 4.27. The lowest BCUT2D eigenvalue weighted by atomic mass is 9.79. The van der Waals surface area contributed by atoms with Crippen LogP contribution in [-0.4, -0.2) is 141 Å². The molecule has 31 heteroatoms. The third kappa shape index (κ3) is 11.6. The maximum absolute atomic E-state index is 12.6. The molecule has 8 heterocycles. The van der Waals surface area contributed by atoms with Crippen molar-refractivity contribution in [2.24, 2.45) is 0 Å². The molecule has 0 spiro atoms. The van der Waals surface area contributed by atoms with Gasteiger partial charge in [0, 0.05) is 11.5 Å². The van der Waals surface area contributed by atoms with Gasteiger partial charge in [-0.1, -0.05) is 60.7 Å². The summed E-state index contributed by atoms with van der Waals surface area (Å²) in [6.07, 6.45) is -2.47. The first-order valence-corrected chi connectivity index (χ1v) is 26.3. The Morgan fingerprint density at radius 1 is 0.616 bits per heavy atom. The maximum Gasteiger partial charge on any atom is 0.494 e. The van der Waals surface area contributed by atoms with Gasteiger partial charge in [0.25, 0.3) is 11.1 Å². The minimum Gasteiger partial charge on any atom is -0.399 e. The van der Waals surface area contributed by atoms with E-state index in [1.54, 1.807) is 9.13 Å². The average molecular weight is 1060 g/mol. The van der Waals surface area contributed by atoms with Gasteiger partial charge in [0.05, 0.1) is 77.3 Å². The molecule has 6 aromatic rings. The van der Waals surface area contributed by atoms with Gasteiger partial charge < -0.3 is 66.7 Å². The van der Waals surface area contributed by atoms with Crippen LogP contribution in [0.15, 0.2) is 82.9 Å². The van der Waals surface area contributed by atoms with E-state index in [0.717, 1.165) is 10.9 Å². The van der Waals surface area contributed by atoms with Crippen molar-refractivity contribution in [1.82, 2.24) is 39.0 Å². The molecule has 10 atom stereocenters. The molecule has 0 bridgehead atoms. The number of anilines is 2. The van der Waals surface area contributed by atoms with Crippen molar-refractivity contribution < 1.29 is 55.2 Å². The molecule has 0 radical (unpaired) electrons. The topological polar surface area (TPSA) is 338 Å². The van der Waals surface area contributed by atoms with E-state index in [4.69, 9.17) is 66.7 Å². The summed E-state index contributed by atoms with van der Waals surface area (Å²) in [5, 5.41) is 18.4. The van der Waals surface area contributed by atoms with E-state index >= 15 is 0 Å². The van der Waals surface area contributed by atoms with Crippen molar-refractivity contribution in [2.75, 3.05) is 62.6 Å². The minimum absolute atomic E-state index is 0.0332. The fraction of sp³-hybridized carbons (Fsp3) is 0.429. The number of nitrogens with one attached hydrogen (secondary N) is 2. The van der Waals surface area contributed by atoms with E-state index in [1.165, 1.54) is 24.4 Å². The number of benzene rings is 2. The van der Waals surface area contributed by atoms with Crippen LogP contribution in [0.1, 0.15) is 25.3 Å². The monoisotopic (exact) mass is 1060 g/mol. The quantitative estimate of drug-likeness (QED) is 0.0381. The zero-order chi connectivity index (χ0) is 50.3. The lowest BCUT2D eigenvalue weighted by molar-refractivity contribution is -0.0556. The molecule has 26 nitrogen and oxygen atoms in total. The third-order valence-corrected chi connectivity index (χ3v) is 14.8. The molecule has 0 saturated carbocycles. The molecule has 380 valence electrons. The van der Waals surface area contributed by atoms with Gasteiger partial charge in [0.15, 0.2) is 34.8 Å². The highest BCUT2D eigenvalue weighted by Gasteiger charge is 2.57. The fourth-order valence-corrected chi connectivity index (χ4v) is 11.2. The molecule has 73 heavy (non-hydrogen) atoms. The second-order valence-electron chi connectivity index (χ2n) is 16.4. The predicted molar refractivity (Wildman–Crippen MR) is 263 cm³/mol. The summed E-state index contributed by atoms with van der Waals surface area (Å²) in [5.41, 5.74) is 13.0. The molecule has 2 aromatic carbocycles. The van der Waals surface area contributed by atoms with Crippen LogP contribution in [0.25, 0.3) is 22.3 Å². The SMILES string of the molecule is N#CCCOP(OCCSCCOP(OCCC#N)OC[C@H]1O[C@@H](n2cnc3c(=O)[nH]c(N)nc32)[C@@H]2OB(c3ccccc3)O[C@@H]21)OC[C@H]1O[C@@H](n2cnc3c(=O)[nH]c(N)nc32)[C@@H]2OB(c3ccccc3)O[C@@H]21. The molecule has 0 amide bonds. The first kappa shape index (κ1) is 51.1. The number of hydrogen-bond acceptors (Lipinski definition) is 23.